The summed E-state index contributed by atoms with van der Waals surface area (Å²) in [6, 6.07) is 5.87. The van der Waals surface area contributed by atoms with Crippen LogP contribution >= 0.6 is 0 Å². The molecular weight excluding hydrogens is 328 g/mol. The summed E-state index contributed by atoms with van der Waals surface area (Å²) in [6.07, 6.45) is 3.47. The van der Waals surface area contributed by atoms with Gasteiger partial charge in [-0.25, -0.2) is 14.0 Å². The molecule has 1 rings (SSSR count). The summed E-state index contributed by atoms with van der Waals surface area (Å²) < 4.78 is 20.2. The summed E-state index contributed by atoms with van der Waals surface area (Å²) in [5, 5.41) is 8.99. The van der Waals surface area contributed by atoms with Gasteiger partial charge >= 0.3 is 5.97 Å². The van der Waals surface area contributed by atoms with Crippen molar-refractivity contribution in [3.8, 4) is 0 Å². The molecule has 130 valence electrons. The lowest BCUT2D eigenvalue weighted by Crippen LogP contribution is -2.23. The summed E-state index contributed by atoms with van der Waals surface area (Å²) in [5.74, 6) is -0.860. The van der Waals surface area contributed by atoms with Crippen molar-refractivity contribution < 1.29 is 18.8 Å². The van der Waals surface area contributed by atoms with Gasteiger partial charge in [0.2, 0.25) is 5.90 Å². The summed E-state index contributed by atoms with van der Waals surface area (Å²) in [6.45, 7) is 7.85. The molecule has 7 heteroatoms. The molecule has 1 aromatic rings. The first-order valence-corrected chi connectivity index (χ1v) is 8.58. The minimum Gasteiger partial charge on any atom is -0.480 e. The van der Waals surface area contributed by atoms with Gasteiger partial charge in [0, 0.05) is 6.20 Å². The first kappa shape index (κ1) is 19.6. The van der Waals surface area contributed by atoms with E-state index in [1.54, 1.807) is 12.3 Å². The van der Waals surface area contributed by atoms with Gasteiger partial charge < -0.3 is 9.84 Å². The van der Waals surface area contributed by atoms with Crippen LogP contribution in [0.2, 0.25) is 0 Å². The van der Waals surface area contributed by atoms with Crippen LogP contribution in [0.3, 0.4) is 0 Å². The average molecular weight is 350 g/mol. The first-order valence-electron chi connectivity index (χ1n) is 7.43. The maximum absolute atomic E-state index is 12.3. The van der Waals surface area contributed by atoms with Crippen LogP contribution in [0.4, 0.5) is 0 Å². The van der Waals surface area contributed by atoms with E-state index >= 15 is 0 Å². The number of benzene rings is 1. The minimum absolute atomic E-state index is 0.0624. The first-order chi connectivity index (χ1) is 11.4. The van der Waals surface area contributed by atoms with Crippen LogP contribution in [0.5, 0.6) is 0 Å². The molecule has 1 aromatic carbocycles. The van der Waals surface area contributed by atoms with Crippen molar-refractivity contribution in [2.75, 3.05) is 7.11 Å². The smallest absolute Gasteiger partial charge is 0.335 e. The molecule has 6 nitrogen and oxygen atoms in total. The van der Waals surface area contributed by atoms with Crippen molar-refractivity contribution >= 4 is 22.9 Å². The lowest BCUT2D eigenvalue weighted by atomic mass is 10.2. The Balaban J connectivity index is 2.90. The highest BCUT2D eigenvalue weighted by atomic mass is 32.2. The number of ether oxygens (including phenoxy) is 1. The van der Waals surface area contributed by atoms with Crippen LogP contribution in [-0.4, -0.2) is 28.3 Å². The number of nitrogens with zero attached hydrogens (tertiary/aromatic N) is 1. The van der Waals surface area contributed by atoms with E-state index in [-0.39, 0.29) is 17.2 Å². The summed E-state index contributed by atoms with van der Waals surface area (Å²) in [5.41, 5.74) is 1.46. The van der Waals surface area contributed by atoms with E-state index < -0.39 is 17.0 Å². The lowest BCUT2D eigenvalue weighted by Gasteiger charge is -2.10. The average Bonchev–Trinajstić information content (AvgIpc) is 2.58. The van der Waals surface area contributed by atoms with Crippen LogP contribution in [0.25, 0.3) is 0 Å². The number of carboxylic acid groups (broad SMARTS) is 1. The van der Waals surface area contributed by atoms with Crippen molar-refractivity contribution in [2.45, 2.75) is 31.6 Å². The van der Waals surface area contributed by atoms with Crippen molar-refractivity contribution in [3.63, 3.8) is 0 Å². The Hall–Kier alpha value is -2.41. The molecule has 0 saturated heterocycles. The molecule has 0 fully saturated rings. The third-order valence-corrected chi connectivity index (χ3v) is 4.35. The van der Waals surface area contributed by atoms with Gasteiger partial charge in [0.05, 0.1) is 17.6 Å². The number of aromatic carboxylic acids is 1. The fourth-order valence-electron chi connectivity index (χ4n) is 1.80. The highest BCUT2D eigenvalue weighted by Gasteiger charge is 2.12. The number of hydrogen-bond donors (Lipinski definition) is 2. The number of carbonyl (C=O) groups is 1. The number of carboxylic acids is 1. The third kappa shape index (κ3) is 5.66. The molecule has 0 saturated carbocycles. The van der Waals surface area contributed by atoms with Crippen molar-refractivity contribution in [1.29, 1.82) is 0 Å². The lowest BCUT2D eigenvalue weighted by molar-refractivity contribution is 0.0696. The predicted octanol–water partition coefficient (Wildman–Crippen LogP) is 3.26. The maximum atomic E-state index is 12.3. The van der Waals surface area contributed by atoms with Crippen LogP contribution in [0.15, 0.2) is 58.2 Å². The van der Waals surface area contributed by atoms with E-state index in [0.717, 1.165) is 18.4 Å². The van der Waals surface area contributed by atoms with Gasteiger partial charge in [-0.05, 0) is 31.0 Å². The Labute approximate surface area is 144 Å². The molecule has 0 aliphatic rings. The van der Waals surface area contributed by atoms with E-state index in [4.69, 9.17) is 9.84 Å². The molecular formula is C17H22N2O4S. The monoisotopic (exact) mass is 350 g/mol. The summed E-state index contributed by atoms with van der Waals surface area (Å²) in [7, 11) is -0.225. The maximum Gasteiger partial charge on any atom is 0.335 e. The Bertz CT molecular complexity index is 690. The van der Waals surface area contributed by atoms with Gasteiger partial charge in [0.1, 0.15) is 16.7 Å². The van der Waals surface area contributed by atoms with Crippen molar-refractivity contribution in [3.05, 3.63) is 53.9 Å². The highest BCUT2D eigenvalue weighted by molar-refractivity contribution is 7.83. The van der Waals surface area contributed by atoms with Crippen molar-refractivity contribution in [1.82, 2.24) is 4.72 Å². The van der Waals surface area contributed by atoms with Crippen LogP contribution < -0.4 is 4.72 Å². The molecule has 0 spiro atoms. The molecule has 0 amide bonds. The van der Waals surface area contributed by atoms with Gasteiger partial charge in [-0.1, -0.05) is 32.1 Å². The fourth-order valence-corrected chi connectivity index (χ4v) is 2.66. The fraction of sp³-hybridized carbons (Fsp3) is 0.294. The van der Waals surface area contributed by atoms with E-state index in [1.807, 2.05) is 13.8 Å². The predicted molar refractivity (Wildman–Crippen MR) is 95.2 cm³/mol. The third-order valence-electron chi connectivity index (χ3n) is 3.24. The molecule has 2 N–H and O–H groups in total. The number of hydrogen-bond acceptors (Lipinski definition) is 4. The molecule has 0 aromatic heterocycles. The van der Waals surface area contributed by atoms with E-state index in [9.17, 15) is 9.00 Å². The molecule has 1 atom stereocenters. The molecule has 0 aliphatic heterocycles. The molecule has 1 unspecified atom stereocenters. The Morgan fingerprint density at radius 2 is 2.08 bits per heavy atom. The second-order valence-electron chi connectivity index (χ2n) is 4.82. The zero-order valence-corrected chi connectivity index (χ0v) is 14.9. The minimum atomic E-state index is -1.67. The SMILES string of the molecule is C=C(NS(=O)c1cccc(C(=O)O)c1)C(=NC=C(CC)CC)OC. The summed E-state index contributed by atoms with van der Waals surface area (Å²) in [4.78, 5) is 15.5. The number of allylic oxidation sites excluding steroid dienone is 1. The van der Waals surface area contributed by atoms with Crippen molar-refractivity contribution in [2.24, 2.45) is 4.99 Å². The summed E-state index contributed by atoms with van der Waals surface area (Å²) >= 11 is 0. The zero-order chi connectivity index (χ0) is 18.1. The van der Waals surface area contributed by atoms with Crippen LogP contribution in [0, 0.1) is 0 Å². The highest BCUT2D eigenvalue weighted by Crippen LogP contribution is 2.11. The number of aliphatic imine (C=N–C) groups is 1. The van der Waals surface area contributed by atoms with Gasteiger partial charge in [0.15, 0.2) is 0 Å². The van der Waals surface area contributed by atoms with Gasteiger partial charge in [-0.15, -0.1) is 0 Å². The standard InChI is InChI=1S/C17H22N2O4S/c1-5-13(6-2)11-18-16(23-4)12(3)19-24(22)15-9-7-8-14(10-15)17(20)21/h7-11,19H,3,5-6H2,1-2,4H3,(H,20,21). The second kappa shape index (κ2) is 9.67. The molecule has 0 radical (unpaired) electrons. The molecule has 24 heavy (non-hydrogen) atoms. The number of rotatable bonds is 8. The molecule has 0 heterocycles. The Morgan fingerprint density at radius 1 is 1.42 bits per heavy atom. The number of nitrogens with one attached hydrogen (secondary N) is 1. The van der Waals surface area contributed by atoms with Gasteiger partial charge in [-0.2, -0.15) is 0 Å². The zero-order valence-electron chi connectivity index (χ0n) is 14.0. The van der Waals surface area contributed by atoms with Crippen LogP contribution in [0.1, 0.15) is 37.0 Å². The topological polar surface area (TPSA) is 88.0 Å². The quantitative estimate of drug-likeness (QED) is 0.556. The van der Waals surface area contributed by atoms with E-state index in [2.05, 4.69) is 16.3 Å². The Kier molecular flexibility index (Phi) is 7.91. The van der Waals surface area contributed by atoms with E-state index in [1.165, 1.54) is 25.3 Å². The van der Waals surface area contributed by atoms with Crippen LogP contribution in [-0.2, 0) is 15.7 Å². The molecule has 0 aliphatic carbocycles. The molecule has 0 bridgehead atoms. The van der Waals surface area contributed by atoms with E-state index in [0.29, 0.717) is 4.90 Å². The Morgan fingerprint density at radius 3 is 2.62 bits per heavy atom. The largest absolute Gasteiger partial charge is 0.480 e. The second-order valence-corrected chi connectivity index (χ2v) is 6.03. The number of methoxy groups -OCH3 is 1. The van der Waals surface area contributed by atoms with Gasteiger partial charge in [-0.3, -0.25) is 4.72 Å². The van der Waals surface area contributed by atoms with Gasteiger partial charge in [0.25, 0.3) is 0 Å². The normalized spacial score (nSPS) is 12.2.